The third-order valence-corrected chi connectivity index (χ3v) is 2.83. The van der Waals surface area contributed by atoms with Crippen molar-refractivity contribution < 1.29 is 24.2 Å². The number of amides is 1. The van der Waals surface area contributed by atoms with Crippen LogP contribution in [0.25, 0.3) is 0 Å². The molecule has 0 saturated carbocycles. The van der Waals surface area contributed by atoms with E-state index in [0.29, 0.717) is 6.42 Å². The van der Waals surface area contributed by atoms with Gasteiger partial charge >= 0.3 is 11.9 Å². The summed E-state index contributed by atoms with van der Waals surface area (Å²) in [6, 6.07) is -1.03. The molecule has 0 aromatic carbocycles. The summed E-state index contributed by atoms with van der Waals surface area (Å²) in [4.78, 5) is 33.8. The average molecular weight is 287 g/mol. The van der Waals surface area contributed by atoms with Crippen molar-refractivity contribution in [3.8, 4) is 0 Å². The van der Waals surface area contributed by atoms with Crippen molar-refractivity contribution in [1.29, 1.82) is 0 Å². The number of unbranched alkanes of at least 4 members (excludes halogenated alkanes) is 3. The van der Waals surface area contributed by atoms with E-state index in [0.717, 1.165) is 25.7 Å². The van der Waals surface area contributed by atoms with Crippen LogP contribution in [-0.4, -0.2) is 35.6 Å². The summed E-state index contributed by atoms with van der Waals surface area (Å²) in [7, 11) is 0. The molecule has 20 heavy (non-hydrogen) atoms. The second-order valence-corrected chi connectivity index (χ2v) is 4.61. The van der Waals surface area contributed by atoms with Crippen molar-refractivity contribution in [3.63, 3.8) is 0 Å². The van der Waals surface area contributed by atoms with Crippen LogP contribution in [0.3, 0.4) is 0 Å². The number of hydrogen-bond donors (Lipinski definition) is 2. The highest BCUT2D eigenvalue weighted by Crippen LogP contribution is 2.04. The molecule has 1 atom stereocenters. The molecule has 0 aliphatic carbocycles. The van der Waals surface area contributed by atoms with E-state index in [4.69, 9.17) is 9.84 Å². The number of ether oxygens (including phenoxy) is 1. The van der Waals surface area contributed by atoms with Gasteiger partial charge in [-0.3, -0.25) is 9.59 Å². The third-order valence-electron chi connectivity index (χ3n) is 2.83. The number of aliphatic carboxylic acids is 1. The quantitative estimate of drug-likeness (QED) is 0.447. The first-order chi connectivity index (χ1) is 9.51. The molecule has 0 saturated heterocycles. The van der Waals surface area contributed by atoms with Crippen LogP contribution in [0.1, 0.15) is 58.8 Å². The molecule has 1 amide bonds. The van der Waals surface area contributed by atoms with Crippen LogP contribution in [0, 0.1) is 0 Å². The van der Waals surface area contributed by atoms with Gasteiger partial charge in [0.1, 0.15) is 6.04 Å². The molecule has 0 aliphatic heterocycles. The Bertz CT molecular complexity index is 317. The molecule has 0 bridgehead atoms. The number of esters is 1. The van der Waals surface area contributed by atoms with Crippen LogP contribution in [0.15, 0.2) is 0 Å². The molecular weight excluding hydrogens is 262 g/mol. The fourth-order valence-corrected chi connectivity index (χ4v) is 1.73. The van der Waals surface area contributed by atoms with Crippen molar-refractivity contribution >= 4 is 17.8 Å². The van der Waals surface area contributed by atoms with Gasteiger partial charge in [-0.15, -0.1) is 0 Å². The Morgan fingerprint density at radius 1 is 1.10 bits per heavy atom. The highest BCUT2D eigenvalue weighted by molar-refractivity contribution is 5.84. The van der Waals surface area contributed by atoms with E-state index in [9.17, 15) is 14.4 Å². The summed E-state index contributed by atoms with van der Waals surface area (Å²) in [5, 5.41) is 11.5. The predicted octanol–water partition coefficient (Wildman–Crippen LogP) is 1.87. The summed E-state index contributed by atoms with van der Waals surface area (Å²) in [6.07, 6.45) is 4.23. The summed E-state index contributed by atoms with van der Waals surface area (Å²) >= 11 is 0. The van der Waals surface area contributed by atoms with Gasteiger partial charge in [-0.2, -0.15) is 0 Å². The lowest BCUT2D eigenvalue weighted by molar-refractivity contribution is -0.145. The maximum Gasteiger partial charge on any atom is 0.326 e. The third kappa shape index (κ3) is 9.35. The molecule has 0 aliphatic rings. The Morgan fingerprint density at radius 3 is 2.35 bits per heavy atom. The van der Waals surface area contributed by atoms with E-state index in [-0.39, 0.29) is 25.4 Å². The van der Waals surface area contributed by atoms with Gasteiger partial charge in [-0.25, -0.2) is 4.79 Å². The number of carbonyl (C=O) groups is 3. The summed E-state index contributed by atoms with van der Waals surface area (Å²) in [6.45, 7) is 4.03. The molecule has 0 spiro atoms. The highest BCUT2D eigenvalue weighted by atomic mass is 16.5. The minimum Gasteiger partial charge on any atom is -0.480 e. The molecule has 0 unspecified atom stereocenters. The fraction of sp³-hybridized carbons (Fsp3) is 0.786. The minimum atomic E-state index is -1.13. The zero-order valence-corrected chi connectivity index (χ0v) is 12.3. The standard InChI is InChI=1S/C14H25NO5/c1-3-5-6-7-8-12(16)15-11(14(18)19)9-10-13(17)20-4-2/h11H,3-10H2,1-2H3,(H,15,16)(H,18,19)/t11-/m0/s1. The summed E-state index contributed by atoms with van der Waals surface area (Å²) in [5.74, 6) is -1.86. The van der Waals surface area contributed by atoms with E-state index in [1.54, 1.807) is 6.92 Å². The Kier molecular flexibility index (Phi) is 10.4. The van der Waals surface area contributed by atoms with Gasteiger partial charge in [-0.05, 0) is 19.8 Å². The average Bonchev–Trinajstić information content (AvgIpc) is 2.39. The van der Waals surface area contributed by atoms with Gasteiger partial charge in [0.25, 0.3) is 0 Å². The molecule has 2 N–H and O–H groups in total. The van der Waals surface area contributed by atoms with Gasteiger partial charge < -0.3 is 15.2 Å². The van der Waals surface area contributed by atoms with Crippen molar-refractivity contribution in [2.75, 3.05) is 6.61 Å². The first-order valence-electron chi connectivity index (χ1n) is 7.19. The number of rotatable bonds is 11. The van der Waals surface area contributed by atoms with E-state index in [2.05, 4.69) is 12.2 Å². The zero-order chi connectivity index (χ0) is 15.4. The first-order valence-corrected chi connectivity index (χ1v) is 7.19. The first kappa shape index (κ1) is 18.4. The van der Waals surface area contributed by atoms with Gasteiger partial charge in [0.2, 0.25) is 5.91 Å². The monoisotopic (exact) mass is 287 g/mol. The molecule has 0 rings (SSSR count). The molecule has 0 radical (unpaired) electrons. The predicted molar refractivity (Wildman–Crippen MR) is 74.2 cm³/mol. The fourth-order valence-electron chi connectivity index (χ4n) is 1.73. The van der Waals surface area contributed by atoms with E-state index >= 15 is 0 Å². The Labute approximate surface area is 119 Å². The smallest absolute Gasteiger partial charge is 0.326 e. The number of carboxylic acids is 1. The second kappa shape index (κ2) is 11.3. The maximum atomic E-state index is 11.6. The lowest BCUT2D eigenvalue weighted by atomic mass is 10.1. The second-order valence-electron chi connectivity index (χ2n) is 4.61. The summed E-state index contributed by atoms with van der Waals surface area (Å²) in [5.41, 5.74) is 0. The molecule has 6 nitrogen and oxygen atoms in total. The van der Waals surface area contributed by atoms with Gasteiger partial charge in [0.15, 0.2) is 0 Å². The molecule has 0 heterocycles. The number of nitrogens with one attached hydrogen (secondary N) is 1. The summed E-state index contributed by atoms with van der Waals surface area (Å²) < 4.78 is 4.72. The van der Waals surface area contributed by atoms with Gasteiger partial charge in [0.05, 0.1) is 6.61 Å². The van der Waals surface area contributed by atoms with Crippen molar-refractivity contribution in [1.82, 2.24) is 5.32 Å². The Hall–Kier alpha value is -1.59. The van der Waals surface area contributed by atoms with Gasteiger partial charge in [0, 0.05) is 12.8 Å². The van der Waals surface area contributed by atoms with E-state index in [1.807, 2.05) is 0 Å². The maximum absolute atomic E-state index is 11.6. The lowest BCUT2D eigenvalue weighted by Gasteiger charge is -2.14. The Balaban J connectivity index is 4.03. The van der Waals surface area contributed by atoms with E-state index in [1.165, 1.54) is 0 Å². The highest BCUT2D eigenvalue weighted by Gasteiger charge is 2.20. The molecule has 116 valence electrons. The molecule has 0 aromatic heterocycles. The van der Waals surface area contributed by atoms with Crippen LogP contribution < -0.4 is 5.32 Å². The largest absolute Gasteiger partial charge is 0.480 e. The minimum absolute atomic E-state index is 0.0130. The van der Waals surface area contributed by atoms with Crippen molar-refractivity contribution in [2.24, 2.45) is 0 Å². The number of hydrogen-bond acceptors (Lipinski definition) is 4. The van der Waals surface area contributed by atoms with Gasteiger partial charge in [-0.1, -0.05) is 26.2 Å². The number of carboxylic acid groups (broad SMARTS) is 1. The SMILES string of the molecule is CCCCCCC(=O)N[C@@H](CCC(=O)OCC)C(=O)O. The van der Waals surface area contributed by atoms with Crippen LogP contribution in [-0.2, 0) is 19.1 Å². The molecule has 0 fully saturated rings. The molecular formula is C14H25NO5. The lowest BCUT2D eigenvalue weighted by Crippen LogP contribution is -2.41. The number of carbonyl (C=O) groups excluding carboxylic acids is 2. The van der Waals surface area contributed by atoms with Crippen LogP contribution >= 0.6 is 0 Å². The van der Waals surface area contributed by atoms with Crippen LogP contribution in [0.4, 0.5) is 0 Å². The van der Waals surface area contributed by atoms with E-state index < -0.39 is 18.0 Å². The Morgan fingerprint density at radius 2 is 1.80 bits per heavy atom. The van der Waals surface area contributed by atoms with Crippen LogP contribution in [0.5, 0.6) is 0 Å². The van der Waals surface area contributed by atoms with Crippen molar-refractivity contribution in [3.05, 3.63) is 0 Å². The van der Waals surface area contributed by atoms with Crippen molar-refractivity contribution in [2.45, 2.75) is 64.8 Å². The zero-order valence-electron chi connectivity index (χ0n) is 12.3. The molecule has 6 heteroatoms. The normalized spacial score (nSPS) is 11.7. The van der Waals surface area contributed by atoms with Crippen LogP contribution in [0.2, 0.25) is 0 Å². The molecule has 0 aromatic rings. The topological polar surface area (TPSA) is 92.7 Å².